The highest BCUT2D eigenvalue weighted by molar-refractivity contribution is 7.98. The minimum Gasteiger partial charge on any atom is -0.380 e. The van der Waals surface area contributed by atoms with Crippen molar-refractivity contribution in [2.24, 2.45) is 0 Å². The zero-order chi connectivity index (χ0) is 17.4. The third-order valence-corrected chi connectivity index (χ3v) is 4.05. The van der Waals surface area contributed by atoms with Crippen LogP contribution in [0, 0.1) is 0 Å². The Morgan fingerprint density at radius 2 is 1.75 bits per heavy atom. The van der Waals surface area contributed by atoms with E-state index in [9.17, 15) is 9.59 Å². The van der Waals surface area contributed by atoms with Crippen LogP contribution in [-0.4, -0.2) is 25.2 Å². The average molecular weight is 344 g/mol. The van der Waals surface area contributed by atoms with Crippen LogP contribution in [0.25, 0.3) is 0 Å². The molecular formula is C18H20N2O3S. The first kappa shape index (κ1) is 18.0. The molecule has 2 N–H and O–H groups in total. The fourth-order valence-corrected chi connectivity index (χ4v) is 2.53. The molecule has 5 nitrogen and oxygen atoms in total. The van der Waals surface area contributed by atoms with Crippen molar-refractivity contribution < 1.29 is 14.3 Å². The van der Waals surface area contributed by atoms with Crippen molar-refractivity contribution in [3.63, 3.8) is 0 Å². The number of benzene rings is 2. The number of thioether (sulfide) groups is 1. The second-order valence-electron chi connectivity index (χ2n) is 5.12. The number of carbonyl (C=O) groups is 2. The molecule has 0 radical (unpaired) electrons. The molecule has 0 heterocycles. The van der Waals surface area contributed by atoms with Gasteiger partial charge in [-0.05, 0) is 35.6 Å². The van der Waals surface area contributed by atoms with Gasteiger partial charge in [0.15, 0.2) is 0 Å². The Kier molecular flexibility index (Phi) is 6.84. The summed E-state index contributed by atoms with van der Waals surface area (Å²) in [7, 11) is 1.64. The van der Waals surface area contributed by atoms with E-state index in [1.165, 1.54) is 0 Å². The second kappa shape index (κ2) is 9.10. The van der Waals surface area contributed by atoms with E-state index in [1.54, 1.807) is 24.9 Å². The molecule has 0 spiro atoms. The van der Waals surface area contributed by atoms with Gasteiger partial charge in [-0.15, -0.1) is 11.8 Å². The molecule has 0 saturated carbocycles. The maximum atomic E-state index is 11.9. The summed E-state index contributed by atoms with van der Waals surface area (Å²) in [5.41, 5.74) is 2.57. The predicted molar refractivity (Wildman–Crippen MR) is 95.9 cm³/mol. The van der Waals surface area contributed by atoms with Crippen LogP contribution in [0.3, 0.4) is 0 Å². The van der Waals surface area contributed by atoms with Crippen molar-refractivity contribution in [3.8, 4) is 0 Å². The van der Waals surface area contributed by atoms with Gasteiger partial charge in [0, 0.05) is 24.2 Å². The summed E-state index contributed by atoms with van der Waals surface area (Å²) in [4.78, 5) is 24.8. The van der Waals surface area contributed by atoms with Crippen LogP contribution in [0.5, 0.6) is 0 Å². The summed E-state index contributed by atoms with van der Waals surface area (Å²) < 4.78 is 5.05. The van der Waals surface area contributed by atoms with E-state index in [0.29, 0.717) is 18.8 Å². The number of methoxy groups -OCH3 is 1. The van der Waals surface area contributed by atoms with Gasteiger partial charge in [0.1, 0.15) is 0 Å². The lowest BCUT2D eigenvalue weighted by atomic mass is 10.1. The smallest absolute Gasteiger partial charge is 0.313 e. The second-order valence-corrected chi connectivity index (χ2v) is 6.00. The Balaban J connectivity index is 1.86. The van der Waals surface area contributed by atoms with E-state index in [4.69, 9.17) is 4.74 Å². The fourth-order valence-electron chi connectivity index (χ4n) is 2.07. The molecule has 0 aromatic heterocycles. The van der Waals surface area contributed by atoms with Crippen molar-refractivity contribution in [1.29, 1.82) is 0 Å². The molecule has 24 heavy (non-hydrogen) atoms. The van der Waals surface area contributed by atoms with Gasteiger partial charge in [-0.2, -0.15) is 0 Å². The van der Waals surface area contributed by atoms with Gasteiger partial charge in [0.25, 0.3) is 0 Å². The number of ether oxygens (including phenoxy) is 1. The standard InChI is InChI=1S/C18H20N2O3S/c1-23-12-14-8-6-13(7-9-14)11-19-17(21)18(22)20-15-4-3-5-16(10-15)24-2/h3-10H,11-12H2,1-2H3,(H,19,21)(H,20,22). The minimum atomic E-state index is -0.677. The summed E-state index contributed by atoms with van der Waals surface area (Å²) in [6.07, 6.45) is 1.95. The number of nitrogens with one attached hydrogen (secondary N) is 2. The van der Waals surface area contributed by atoms with Gasteiger partial charge in [-0.3, -0.25) is 9.59 Å². The van der Waals surface area contributed by atoms with Crippen LogP contribution < -0.4 is 10.6 Å². The Bertz CT molecular complexity index is 702. The SMILES string of the molecule is COCc1ccc(CNC(=O)C(=O)Nc2cccc(SC)c2)cc1. The Hall–Kier alpha value is -2.31. The van der Waals surface area contributed by atoms with Gasteiger partial charge >= 0.3 is 11.8 Å². The fraction of sp³-hybridized carbons (Fsp3) is 0.222. The molecule has 0 aliphatic rings. The van der Waals surface area contributed by atoms with Crippen molar-refractivity contribution in [1.82, 2.24) is 5.32 Å². The normalized spacial score (nSPS) is 10.2. The van der Waals surface area contributed by atoms with E-state index in [2.05, 4.69) is 10.6 Å². The van der Waals surface area contributed by atoms with Crippen LogP contribution in [0.2, 0.25) is 0 Å². The molecule has 0 unspecified atom stereocenters. The Morgan fingerprint density at radius 3 is 2.42 bits per heavy atom. The largest absolute Gasteiger partial charge is 0.380 e. The van der Waals surface area contributed by atoms with Crippen LogP contribution in [0.1, 0.15) is 11.1 Å². The summed E-state index contributed by atoms with van der Waals surface area (Å²) in [5, 5.41) is 5.21. The van der Waals surface area contributed by atoms with E-state index in [1.807, 2.05) is 48.7 Å². The molecule has 0 bridgehead atoms. The summed E-state index contributed by atoms with van der Waals surface area (Å²) in [5.74, 6) is -1.34. The average Bonchev–Trinajstić information content (AvgIpc) is 2.61. The summed E-state index contributed by atoms with van der Waals surface area (Å²) in [6.45, 7) is 0.842. The molecule has 6 heteroatoms. The molecule has 0 aliphatic heterocycles. The van der Waals surface area contributed by atoms with Crippen molar-refractivity contribution in [2.45, 2.75) is 18.0 Å². The highest BCUT2D eigenvalue weighted by Crippen LogP contribution is 2.18. The van der Waals surface area contributed by atoms with Crippen LogP contribution in [0.4, 0.5) is 5.69 Å². The van der Waals surface area contributed by atoms with Crippen molar-refractivity contribution in [2.75, 3.05) is 18.7 Å². The van der Waals surface area contributed by atoms with Gasteiger partial charge in [0.05, 0.1) is 6.61 Å². The molecule has 2 amide bonds. The van der Waals surface area contributed by atoms with E-state index >= 15 is 0 Å². The zero-order valence-electron chi connectivity index (χ0n) is 13.7. The molecule has 126 valence electrons. The molecule has 0 aliphatic carbocycles. The van der Waals surface area contributed by atoms with Gasteiger partial charge < -0.3 is 15.4 Å². The van der Waals surface area contributed by atoms with E-state index in [0.717, 1.165) is 16.0 Å². The topological polar surface area (TPSA) is 67.4 Å². The number of anilines is 1. The molecular weight excluding hydrogens is 324 g/mol. The molecule has 0 fully saturated rings. The molecule has 2 aromatic rings. The zero-order valence-corrected chi connectivity index (χ0v) is 14.5. The number of hydrogen-bond acceptors (Lipinski definition) is 4. The maximum Gasteiger partial charge on any atom is 0.313 e. The lowest BCUT2D eigenvalue weighted by molar-refractivity contribution is -0.136. The van der Waals surface area contributed by atoms with Gasteiger partial charge in [-0.25, -0.2) is 0 Å². The van der Waals surface area contributed by atoms with Gasteiger partial charge in [-0.1, -0.05) is 30.3 Å². The lowest BCUT2D eigenvalue weighted by Gasteiger charge is -2.08. The molecule has 0 saturated heterocycles. The number of carbonyl (C=O) groups excluding carboxylic acids is 2. The summed E-state index contributed by atoms with van der Waals surface area (Å²) in [6, 6.07) is 15.0. The van der Waals surface area contributed by atoms with Crippen LogP contribution >= 0.6 is 11.8 Å². The maximum absolute atomic E-state index is 11.9. The number of rotatable bonds is 6. The van der Waals surface area contributed by atoms with Crippen LogP contribution in [-0.2, 0) is 27.5 Å². The highest BCUT2D eigenvalue weighted by atomic mass is 32.2. The predicted octanol–water partition coefficient (Wildman–Crippen LogP) is 2.81. The first-order chi connectivity index (χ1) is 11.6. The van der Waals surface area contributed by atoms with E-state index in [-0.39, 0.29) is 0 Å². The van der Waals surface area contributed by atoms with Gasteiger partial charge in [0.2, 0.25) is 0 Å². The third kappa shape index (κ3) is 5.40. The Labute approximate surface area is 145 Å². The van der Waals surface area contributed by atoms with Crippen LogP contribution in [0.15, 0.2) is 53.4 Å². The number of hydrogen-bond donors (Lipinski definition) is 2. The Morgan fingerprint density at radius 1 is 1.04 bits per heavy atom. The molecule has 2 rings (SSSR count). The minimum absolute atomic E-state index is 0.296. The van der Waals surface area contributed by atoms with Crippen molar-refractivity contribution >= 4 is 29.3 Å². The summed E-state index contributed by atoms with van der Waals surface area (Å²) >= 11 is 1.57. The highest BCUT2D eigenvalue weighted by Gasteiger charge is 2.13. The quantitative estimate of drug-likeness (QED) is 0.625. The van der Waals surface area contributed by atoms with Crippen molar-refractivity contribution in [3.05, 3.63) is 59.7 Å². The first-order valence-corrected chi connectivity index (χ1v) is 8.65. The lowest BCUT2D eigenvalue weighted by Crippen LogP contribution is -2.34. The third-order valence-electron chi connectivity index (χ3n) is 3.32. The molecule has 2 aromatic carbocycles. The monoisotopic (exact) mass is 344 g/mol. The number of amides is 2. The molecule has 0 atom stereocenters. The first-order valence-electron chi connectivity index (χ1n) is 7.42. The van der Waals surface area contributed by atoms with E-state index < -0.39 is 11.8 Å².